The van der Waals surface area contributed by atoms with Gasteiger partial charge in [0.2, 0.25) is 10.0 Å². The van der Waals surface area contributed by atoms with Crippen molar-refractivity contribution in [2.24, 2.45) is 5.92 Å². The van der Waals surface area contributed by atoms with Crippen molar-refractivity contribution in [1.29, 1.82) is 0 Å². The van der Waals surface area contributed by atoms with Crippen LogP contribution in [0.3, 0.4) is 0 Å². The van der Waals surface area contributed by atoms with Crippen LogP contribution >= 0.6 is 0 Å². The normalized spacial score (nSPS) is 20.5. The summed E-state index contributed by atoms with van der Waals surface area (Å²) < 4.78 is 32.3. The molecule has 2 aromatic rings. The van der Waals surface area contributed by atoms with Crippen LogP contribution in [0.1, 0.15) is 36.1 Å². The van der Waals surface area contributed by atoms with Gasteiger partial charge in [0, 0.05) is 26.2 Å². The minimum Gasteiger partial charge on any atom is -0.508 e. The Morgan fingerprint density at radius 3 is 2.53 bits per heavy atom. The van der Waals surface area contributed by atoms with E-state index in [4.69, 9.17) is 4.74 Å². The van der Waals surface area contributed by atoms with E-state index in [1.807, 2.05) is 30.3 Å². The van der Waals surface area contributed by atoms with Crippen LogP contribution in [-0.2, 0) is 16.4 Å². The van der Waals surface area contributed by atoms with Gasteiger partial charge in [-0.05, 0) is 53.3 Å². The van der Waals surface area contributed by atoms with E-state index in [1.165, 1.54) is 17.0 Å². The number of ether oxygens (including phenoxy) is 1. The fourth-order valence-electron chi connectivity index (χ4n) is 4.45. The van der Waals surface area contributed by atoms with E-state index >= 15 is 0 Å². The fourth-order valence-corrected chi connectivity index (χ4v) is 5.49. The van der Waals surface area contributed by atoms with Gasteiger partial charge in [-0.15, -0.1) is 0 Å². The summed E-state index contributed by atoms with van der Waals surface area (Å²) in [6, 6.07) is 12.5. The lowest BCUT2D eigenvalue weighted by atomic mass is 9.89. The molecule has 1 atom stereocenters. The van der Waals surface area contributed by atoms with Crippen molar-refractivity contribution >= 4 is 10.0 Å². The number of aromatic hydroxyl groups is 1. The molecule has 7 heteroatoms. The van der Waals surface area contributed by atoms with Gasteiger partial charge in [0.25, 0.3) is 0 Å². The van der Waals surface area contributed by atoms with Crippen molar-refractivity contribution in [2.45, 2.75) is 25.8 Å². The number of hydrogen-bond donors (Lipinski definition) is 1. The minimum absolute atomic E-state index is 0.205. The monoisotopic (exact) mass is 430 g/mol. The Balaban J connectivity index is 1.48. The molecule has 0 unspecified atom stereocenters. The number of rotatable bonds is 7. The van der Waals surface area contributed by atoms with Crippen LogP contribution in [0.4, 0.5) is 0 Å². The molecule has 0 amide bonds. The van der Waals surface area contributed by atoms with Gasteiger partial charge in [0.1, 0.15) is 18.1 Å². The smallest absolute Gasteiger partial charge is 0.212 e. The van der Waals surface area contributed by atoms with E-state index in [0.717, 1.165) is 48.0 Å². The van der Waals surface area contributed by atoms with Crippen LogP contribution in [0.15, 0.2) is 42.5 Å². The van der Waals surface area contributed by atoms with Gasteiger partial charge in [-0.25, -0.2) is 8.42 Å². The zero-order valence-electron chi connectivity index (χ0n) is 17.6. The first-order valence-corrected chi connectivity index (χ1v) is 12.4. The van der Waals surface area contributed by atoms with E-state index in [-0.39, 0.29) is 5.75 Å². The lowest BCUT2D eigenvalue weighted by molar-refractivity contribution is 0.0806. The molecule has 4 rings (SSSR count). The van der Waals surface area contributed by atoms with Crippen LogP contribution < -0.4 is 4.74 Å². The highest BCUT2D eigenvalue weighted by Gasteiger charge is 2.34. The summed E-state index contributed by atoms with van der Waals surface area (Å²) in [6.45, 7) is 6.54. The van der Waals surface area contributed by atoms with E-state index < -0.39 is 16.1 Å². The quantitative estimate of drug-likeness (QED) is 0.731. The van der Waals surface area contributed by atoms with Crippen molar-refractivity contribution in [3.05, 3.63) is 59.2 Å². The molecule has 30 heavy (non-hydrogen) atoms. The molecule has 0 aromatic heterocycles. The van der Waals surface area contributed by atoms with Gasteiger partial charge in [0.05, 0.1) is 12.3 Å². The molecule has 2 aromatic carbocycles. The van der Waals surface area contributed by atoms with Crippen molar-refractivity contribution in [1.82, 2.24) is 9.21 Å². The maximum Gasteiger partial charge on any atom is 0.212 e. The highest BCUT2D eigenvalue weighted by atomic mass is 32.2. The van der Waals surface area contributed by atoms with Gasteiger partial charge in [0.15, 0.2) is 0 Å². The van der Waals surface area contributed by atoms with Crippen LogP contribution in [0.2, 0.25) is 0 Å². The number of nitrogens with zero attached hydrogens (tertiary/aromatic N) is 2. The maximum atomic E-state index is 12.4. The molecule has 0 radical (unpaired) electrons. The molecule has 2 aliphatic heterocycles. The molecule has 162 valence electrons. The van der Waals surface area contributed by atoms with Gasteiger partial charge < -0.3 is 9.84 Å². The predicted molar refractivity (Wildman–Crippen MR) is 117 cm³/mol. The van der Waals surface area contributed by atoms with E-state index in [2.05, 4.69) is 11.8 Å². The summed E-state index contributed by atoms with van der Waals surface area (Å²) in [5.41, 5.74) is 2.80. The van der Waals surface area contributed by atoms with Crippen LogP contribution in [0.25, 0.3) is 0 Å². The van der Waals surface area contributed by atoms with Gasteiger partial charge in [-0.1, -0.05) is 31.5 Å². The Morgan fingerprint density at radius 1 is 1.13 bits per heavy atom. The summed E-state index contributed by atoms with van der Waals surface area (Å²) in [7, 11) is -3.38. The third-order valence-corrected chi connectivity index (χ3v) is 7.46. The minimum atomic E-state index is -3.38. The molecule has 0 spiro atoms. The number of hydrogen-bond acceptors (Lipinski definition) is 5. The van der Waals surface area contributed by atoms with E-state index in [1.54, 1.807) is 12.1 Å². The SMILES string of the molecule is CCC1CN(CCOc2ccc([C@@H]3c4ccc(O)cc4CCN3S(C)(=O)=O)cc2)C1. The molecule has 1 N–H and O–H groups in total. The number of phenols is 1. The number of likely N-dealkylation sites (tertiary alicyclic amines) is 1. The van der Waals surface area contributed by atoms with E-state index in [9.17, 15) is 13.5 Å². The fraction of sp³-hybridized carbons (Fsp3) is 0.478. The summed E-state index contributed by atoms with van der Waals surface area (Å²) in [4.78, 5) is 2.40. The van der Waals surface area contributed by atoms with Crippen molar-refractivity contribution in [2.75, 3.05) is 39.0 Å². The van der Waals surface area contributed by atoms with Crippen LogP contribution in [0, 0.1) is 5.92 Å². The largest absolute Gasteiger partial charge is 0.508 e. The Hall–Kier alpha value is -2.09. The summed E-state index contributed by atoms with van der Waals surface area (Å²) in [5.74, 6) is 1.83. The Labute approximate surface area is 179 Å². The number of sulfonamides is 1. The highest BCUT2D eigenvalue weighted by molar-refractivity contribution is 7.88. The first-order chi connectivity index (χ1) is 14.3. The molecule has 0 aliphatic carbocycles. The van der Waals surface area contributed by atoms with Crippen molar-refractivity contribution in [3.63, 3.8) is 0 Å². The zero-order chi connectivity index (χ0) is 21.3. The molecular formula is C23H30N2O4S. The zero-order valence-corrected chi connectivity index (χ0v) is 18.4. The van der Waals surface area contributed by atoms with Gasteiger partial charge >= 0.3 is 0 Å². The molecule has 2 aliphatic rings. The Bertz CT molecular complexity index is 985. The Morgan fingerprint density at radius 2 is 1.87 bits per heavy atom. The van der Waals surface area contributed by atoms with Crippen molar-refractivity contribution in [3.8, 4) is 11.5 Å². The summed E-state index contributed by atoms with van der Waals surface area (Å²) >= 11 is 0. The lowest BCUT2D eigenvalue weighted by Gasteiger charge is -2.38. The van der Waals surface area contributed by atoms with E-state index in [0.29, 0.717) is 19.6 Å². The molecular weight excluding hydrogens is 400 g/mol. The lowest BCUT2D eigenvalue weighted by Crippen LogP contribution is -2.47. The predicted octanol–water partition coefficient (Wildman–Crippen LogP) is 3.02. The number of fused-ring (bicyclic) bond motifs is 1. The molecule has 1 fully saturated rings. The third kappa shape index (κ3) is 4.48. The van der Waals surface area contributed by atoms with Crippen molar-refractivity contribution < 1.29 is 18.3 Å². The molecule has 2 heterocycles. The first kappa shape index (κ1) is 21.2. The average Bonchev–Trinajstić information content (AvgIpc) is 2.68. The summed E-state index contributed by atoms with van der Waals surface area (Å²) in [5, 5.41) is 9.83. The molecule has 0 saturated carbocycles. The second-order valence-electron chi connectivity index (χ2n) is 8.36. The topological polar surface area (TPSA) is 70.1 Å². The van der Waals surface area contributed by atoms with Crippen LogP contribution in [0.5, 0.6) is 11.5 Å². The Kier molecular flexibility index (Phi) is 6.04. The van der Waals surface area contributed by atoms with Gasteiger partial charge in [-0.2, -0.15) is 4.31 Å². The second-order valence-corrected chi connectivity index (χ2v) is 10.3. The second kappa shape index (κ2) is 8.57. The molecule has 0 bridgehead atoms. The molecule has 1 saturated heterocycles. The average molecular weight is 431 g/mol. The first-order valence-electron chi connectivity index (χ1n) is 10.6. The molecule has 6 nitrogen and oxygen atoms in total. The third-order valence-electron chi connectivity index (χ3n) is 6.22. The standard InChI is InChI=1S/C23H30N2O4S/c1-3-17-15-24(16-17)12-13-29-21-7-4-18(5-8-21)23-22-9-6-20(26)14-19(22)10-11-25(23)30(2,27)28/h4-9,14,17,23,26H,3,10-13,15-16H2,1-2H3/t23-/m1/s1. The highest BCUT2D eigenvalue weighted by Crippen LogP contribution is 2.38. The maximum absolute atomic E-state index is 12.4. The number of phenolic OH excluding ortho intramolecular Hbond substituents is 1. The van der Waals surface area contributed by atoms with Crippen LogP contribution in [-0.4, -0.2) is 61.8 Å². The van der Waals surface area contributed by atoms with Gasteiger partial charge in [-0.3, -0.25) is 4.90 Å². The summed E-state index contributed by atoms with van der Waals surface area (Å²) in [6.07, 6.45) is 3.08. The number of benzene rings is 2.